The van der Waals surface area contributed by atoms with Crippen molar-refractivity contribution in [1.82, 2.24) is 9.55 Å². The first kappa shape index (κ1) is 8.31. The Balaban J connectivity index is 0.000000222. The summed E-state index contributed by atoms with van der Waals surface area (Å²) in [6, 6.07) is 0. The van der Waals surface area contributed by atoms with Gasteiger partial charge in [-0.15, -0.1) is 6.20 Å². The number of hydrogen-bond donors (Lipinski definition) is 0. The zero-order valence-corrected chi connectivity index (χ0v) is 9.19. The molecule has 0 bridgehead atoms. The van der Waals surface area contributed by atoms with Crippen molar-refractivity contribution in [2.45, 2.75) is 0 Å². The maximum atomic E-state index is 3.66. The Morgan fingerprint density at radius 1 is 1.75 bits per heavy atom. The van der Waals surface area contributed by atoms with Crippen molar-refractivity contribution in [1.29, 1.82) is 0 Å². The predicted molar refractivity (Wildman–Crippen MR) is 31.0 cm³/mol. The third-order valence-electron chi connectivity index (χ3n) is 0.576. The van der Waals surface area contributed by atoms with Crippen LogP contribution in [-0.4, -0.2) is 9.55 Å². The monoisotopic (exact) mass is 224 g/mol. The van der Waals surface area contributed by atoms with Gasteiger partial charge in [0.2, 0.25) is 0 Å². The van der Waals surface area contributed by atoms with Crippen LogP contribution >= 0.6 is 13.6 Å². The summed E-state index contributed by atoms with van der Waals surface area (Å²) in [7, 11) is 1.91. The minimum atomic E-state index is 1.19. The molecule has 0 fully saturated rings. The molecule has 8 heavy (non-hydrogen) atoms. The van der Waals surface area contributed by atoms with E-state index < -0.39 is 0 Å². The van der Waals surface area contributed by atoms with E-state index in [1.165, 1.54) is 16.3 Å². The van der Waals surface area contributed by atoms with Gasteiger partial charge in [-0.2, -0.15) is 0 Å². The number of aryl methyl sites for hydroxylation is 1. The predicted octanol–water partition coefficient (Wildman–Crippen LogP) is 1.06. The van der Waals surface area contributed by atoms with Crippen LogP contribution in [0.2, 0.25) is 0 Å². The second-order valence-electron chi connectivity index (χ2n) is 1.17. The van der Waals surface area contributed by atoms with E-state index in [2.05, 4.69) is 24.8 Å². The molecule has 1 heterocycles. The molecule has 0 radical (unpaired) electrons. The van der Waals surface area contributed by atoms with Gasteiger partial charge in [-0.05, 0) is 7.05 Å². The van der Waals surface area contributed by atoms with Gasteiger partial charge in [0.1, 0.15) is 0 Å². The number of halogens is 1. The van der Waals surface area contributed by atoms with Gasteiger partial charge < -0.3 is 9.55 Å². The quantitative estimate of drug-likeness (QED) is 0.478. The fraction of sp³-hybridized carbons (Fsp3) is 0.250. The summed E-state index contributed by atoms with van der Waals surface area (Å²) < 4.78 is 1.83. The van der Waals surface area contributed by atoms with Crippen LogP contribution in [0.5, 0.6) is 0 Å². The van der Waals surface area contributed by atoms with E-state index in [0.29, 0.717) is 0 Å². The van der Waals surface area contributed by atoms with Crippen LogP contribution in [0, 0.1) is 6.20 Å². The number of nitrogens with zero attached hydrogens (tertiary/aromatic N) is 2. The van der Waals surface area contributed by atoms with Gasteiger partial charge in [0.05, 0.1) is 0 Å². The molecule has 0 atom stereocenters. The van der Waals surface area contributed by atoms with Gasteiger partial charge in [0.25, 0.3) is 0 Å². The topological polar surface area (TPSA) is 17.8 Å². The fourth-order valence-corrected chi connectivity index (χ4v) is 0.282. The second-order valence-corrected chi connectivity index (χ2v) is 1.17. The van der Waals surface area contributed by atoms with Gasteiger partial charge in [0.15, 0.2) is 0 Å². The van der Waals surface area contributed by atoms with E-state index in [1.54, 1.807) is 12.5 Å². The third kappa shape index (κ3) is 3.33. The summed E-state index contributed by atoms with van der Waals surface area (Å²) in [5.41, 5.74) is 0. The molecule has 1 rings (SSSR count). The number of rotatable bonds is 0. The van der Waals surface area contributed by atoms with E-state index in [4.69, 9.17) is 0 Å². The first-order chi connectivity index (χ1) is 3.89. The summed E-state index contributed by atoms with van der Waals surface area (Å²) in [6.45, 7) is 0. The molecule has 0 saturated carbocycles. The molecule has 1 aromatic rings. The average Bonchev–Trinajstić information content (AvgIpc) is 2.24. The van der Waals surface area contributed by atoms with Crippen LogP contribution in [0.15, 0.2) is 12.5 Å². The van der Waals surface area contributed by atoms with Crippen LogP contribution in [0.25, 0.3) is 0 Å². The number of aromatic nitrogens is 2. The van der Waals surface area contributed by atoms with Crippen LogP contribution in [0.1, 0.15) is 0 Å². The van der Waals surface area contributed by atoms with Crippen molar-refractivity contribution in [2.75, 3.05) is 0 Å². The molecule has 0 N–H and O–H groups in total. The molecule has 0 spiro atoms. The zero-order valence-electron chi connectivity index (χ0n) is 4.63. The molecule has 0 unspecified atom stereocenters. The Bertz CT molecular complexity index is 118. The summed E-state index contributed by atoms with van der Waals surface area (Å²) >= 11 is 4.25. The first-order valence-electron chi connectivity index (χ1n) is 2.00. The number of imidazole rings is 1. The Morgan fingerprint density at radius 3 is 2.50 bits per heavy atom. The Labute approximate surface area is 65.3 Å². The van der Waals surface area contributed by atoms with E-state index in [-0.39, 0.29) is 0 Å². The van der Waals surface area contributed by atoms with Crippen LogP contribution in [-0.2, 0) is 23.4 Å². The maximum absolute atomic E-state index is 3.66. The van der Waals surface area contributed by atoms with Crippen molar-refractivity contribution < 1.29 is 16.3 Å². The van der Waals surface area contributed by atoms with Crippen molar-refractivity contribution in [3.05, 3.63) is 18.7 Å². The molecule has 0 aliphatic carbocycles. The molecule has 0 aliphatic rings. The van der Waals surface area contributed by atoms with Gasteiger partial charge >= 0.3 is 30.0 Å². The first-order valence-corrected chi connectivity index (χ1v) is 8.95. The van der Waals surface area contributed by atoms with Crippen molar-refractivity contribution in [2.24, 2.45) is 7.05 Å². The molecular formula is C4H5BrN2Zn. The van der Waals surface area contributed by atoms with Gasteiger partial charge in [-0.1, -0.05) is 12.5 Å². The van der Waals surface area contributed by atoms with Gasteiger partial charge in [-0.25, -0.2) is 0 Å². The van der Waals surface area contributed by atoms with E-state index in [9.17, 15) is 0 Å². The van der Waals surface area contributed by atoms with Crippen LogP contribution in [0.4, 0.5) is 0 Å². The van der Waals surface area contributed by atoms with Crippen LogP contribution < -0.4 is 0 Å². The van der Waals surface area contributed by atoms with E-state index >= 15 is 0 Å². The molecule has 40 valence electrons. The zero-order chi connectivity index (χ0) is 6.41. The van der Waals surface area contributed by atoms with E-state index in [0.717, 1.165) is 0 Å². The average molecular weight is 226 g/mol. The molecule has 0 saturated heterocycles. The fourth-order valence-electron chi connectivity index (χ4n) is 0.282. The number of hydrogen-bond acceptors (Lipinski definition) is 1. The Kier molecular flexibility index (Phi) is 5.66. The molecule has 0 aliphatic heterocycles. The second kappa shape index (κ2) is 5.45. The van der Waals surface area contributed by atoms with Crippen molar-refractivity contribution in [3.8, 4) is 0 Å². The summed E-state index contributed by atoms with van der Waals surface area (Å²) in [5, 5.41) is 0. The van der Waals surface area contributed by atoms with Crippen molar-refractivity contribution >= 4 is 13.6 Å². The van der Waals surface area contributed by atoms with E-state index in [1.807, 2.05) is 11.6 Å². The molecule has 0 aromatic carbocycles. The Hall–Kier alpha value is 0.313. The van der Waals surface area contributed by atoms with Crippen LogP contribution in [0.3, 0.4) is 0 Å². The SMILES string of the molecule is Cn1c[c-]nc1.[Zn+][Br]. The molecule has 2 nitrogen and oxygen atoms in total. The normalized spacial score (nSPS) is 7.50. The van der Waals surface area contributed by atoms with Crippen molar-refractivity contribution in [3.63, 3.8) is 0 Å². The van der Waals surface area contributed by atoms with Gasteiger partial charge in [-0.3, -0.25) is 0 Å². The van der Waals surface area contributed by atoms with Gasteiger partial charge in [0, 0.05) is 0 Å². The molecule has 4 heteroatoms. The molecule has 1 aromatic heterocycles. The standard InChI is InChI=1S/C4H5N2.BrH.Zn/c1-6-3-2-5-4-6;;/h3-4H,1H3;1H;/q-1;;+2/p-1. The third-order valence-corrected chi connectivity index (χ3v) is 0.576. The summed E-state index contributed by atoms with van der Waals surface area (Å²) in [5.74, 6) is 0. The molecular weight excluding hydrogens is 221 g/mol. The Morgan fingerprint density at radius 2 is 2.38 bits per heavy atom. The molecule has 0 amide bonds. The summed E-state index contributed by atoms with van der Waals surface area (Å²) in [4.78, 5) is 3.66. The summed E-state index contributed by atoms with van der Waals surface area (Å²) in [6.07, 6.45) is 6.10. The minimum absolute atomic E-state index is 1.19.